The van der Waals surface area contributed by atoms with Crippen molar-refractivity contribution in [2.75, 3.05) is 0 Å². The van der Waals surface area contributed by atoms with E-state index < -0.39 is 0 Å². The summed E-state index contributed by atoms with van der Waals surface area (Å²) >= 11 is 1.71. The second-order valence-electron chi connectivity index (χ2n) is 7.35. The van der Waals surface area contributed by atoms with E-state index in [1.807, 2.05) is 42.5 Å². The zero-order valence-corrected chi connectivity index (χ0v) is 17.0. The number of carbonyl (C=O) groups excluding carboxylic acids is 1. The fourth-order valence-corrected chi connectivity index (χ4v) is 4.74. The van der Waals surface area contributed by atoms with Gasteiger partial charge in [-0.15, -0.1) is 11.8 Å². The molecular weight excluding hydrogens is 362 g/mol. The number of rotatable bonds is 6. The molecule has 1 aliphatic rings. The smallest absolute Gasteiger partial charge is 0.252 e. The molecule has 0 saturated heterocycles. The summed E-state index contributed by atoms with van der Waals surface area (Å²) < 4.78 is 0. The SMILES string of the molecule is CC(NC(=O)c1ccccc1SCc1ccccc1)c1ccc2c(c1)CCC2. The van der Waals surface area contributed by atoms with E-state index in [2.05, 4.69) is 42.6 Å². The first-order chi connectivity index (χ1) is 13.7. The van der Waals surface area contributed by atoms with Crippen LogP contribution in [-0.2, 0) is 18.6 Å². The Hall–Kier alpha value is -2.52. The number of hydrogen-bond donors (Lipinski definition) is 1. The molecule has 3 heteroatoms. The number of fused-ring (bicyclic) bond motifs is 1. The van der Waals surface area contributed by atoms with E-state index in [-0.39, 0.29) is 11.9 Å². The predicted octanol–water partition coefficient (Wildman–Crippen LogP) is 5.96. The van der Waals surface area contributed by atoms with Crippen molar-refractivity contribution in [3.63, 3.8) is 0 Å². The fraction of sp³-hybridized carbons (Fsp3) is 0.240. The largest absolute Gasteiger partial charge is 0.345 e. The van der Waals surface area contributed by atoms with Crippen molar-refractivity contribution in [1.29, 1.82) is 0 Å². The van der Waals surface area contributed by atoms with Crippen molar-refractivity contribution in [2.45, 2.75) is 42.9 Å². The van der Waals surface area contributed by atoms with Crippen LogP contribution in [0.3, 0.4) is 0 Å². The van der Waals surface area contributed by atoms with Crippen molar-refractivity contribution in [3.05, 3.63) is 101 Å². The van der Waals surface area contributed by atoms with Crippen molar-refractivity contribution >= 4 is 17.7 Å². The lowest BCUT2D eigenvalue weighted by atomic mass is 10.0. The van der Waals surface area contributed by atoms with E-state index in [1.165, 1.54) is 35.1 Å². The van der Waals surface area contributed by atoms with Crippen molar-refractivity contribution in [1.82, 2.24) is 5.32 Å². The van der Waals surface area contributed by atoms with Crippen LogP contribution >= 0.6 is 11.8 Å². The lowest BCUT2D eigenvalue weighted by molar-refractivity contribution is 0.0937. The highest BCUT2D eigenvalue weighted by molar-refractivity contribution is 7.98. The molecule has 0 bridgehead atoms. The third kappa shape index (κ3) is 4.31. The van der Waals surface area contributed by atoms with E-state index in [9.17, 15) is 4.79 Å². The topological polar surface area (TPSA) is 29.1 Å². The summed E-state index contributed by atoms with van der Waals surface area (Å²) in [6.07, 6.45) is 3.58. The Labute approximate surface area is 171 Å². The molecule has 142 valence electrons. The van der Waals surface area contributed by atoms with Gasteiger partial charge in [0.1, 0.15) is 0 Å². The highest BCUT2D eigenvalue weighted by atomic mass is 32.2. The van der Waals surface area contributed by atoms with Crippen molar-refractivity contribution in [3.8, 4) is 0 Å². The van der Waals surface area contributed by atoms with E-state index in [0.717, 1.165) is 22.6 Å². The summed E-state index contributed by atoms with van der Waals surface area (Å²) in [5.41, 5.74) is 6.09. The van der Waals surface area contributed by atoms with Gasteiger partial charge in [-0.2, -0.15) is 0 Å². The van der Waals surface area contributed by atoms with Gasteiger partial charge in [-0.1, -0.05) is 60.7 Å². The third-order valence-electron chi connectivity index (χ3n) is 5.34. The first-order valence-electron chi connectivity index (χ1n) is 9.89. The van der Waals surface area contributed by atoms with Crippen LogP contribution in [0.5, 0.6) is 0 Å². The van der Waals surface area contributed by atoms with Gasteiger partial charge in [-0.3, -0.25) is 4.79 Å². The molecular formula is C25H25NOS. The minimum absolute atomic E-state index is 0.00872. The maximum atomic E-state index is 13.0. The summed E-state index contributed by atoms with van der Waals surface area (Å²) in [5, 5.41) is 3.19. The Bertz CT molecular complexity index is 967. The van der Waals surface area contributed by atoms with Crippen LogP contribution in [0.25, 0.3) is 0 Å². The molecule has 1 unspecified atom stereocenters. The molecule has 0 radical (unpaired) electrons. The molecule has 0 aromatic heterocycles. The van der Waals surface area contributed by atoms with Gasteiger partial charge in [0.2, 0.25) is 0 Å². The van der Waals surface area contributed by atoms with Gasteiger partial charge in [0.05, 0.1) is 11.6 Å². The maximum absolute atomic E-state index is 13.0. The van der Waals surface area contributed by atoms with Gasteiger partial charge in [0, 0.05) is 10.6 Å². The highest BCUT2D eigenvalue weighted by Crippen LogP contribution is 2.28. The summed E-state index contributed by atoms with van der Waals surface area (Å²) in [6, 6.07) is 24.9. The van der Waals surface area contributed by atoms with Crippen molar-refractivity contribution in [2.24, 2.45) is 0 Å². The molecule has 1 amide bonds. The van der Waals surface area contributed by atoms with E-state index in [1.54, 1.807) is 11.8 Å². The molecule has 0 fully saturated rings. The molecule has 3 aromatic rings. The Morgan fingerprint density at radius 1 is 0.964 bits per heavy atom. The summed E-state index contributed by atoms with van der Waals surface area (Å²) in [7, 11) is 0. The van der Waals surface area contributed by atoms with Crippen LogP contribution in [0.1, 0.15) is 52.0 Å². The lowest BCUT2D eigenvalue weighted by Crippen LogP contribution is -2.27. The van der Waals surface area contributed by atoms with Gasteiger partial charge in [-0.25, -0.2) is 0 Å². The van der Waals surface area contributed by atoms with Gasteiger partial charge in [-0.05, 0) is 60.6 Å². The Balaban J connectivity index is 1.46. The normalized spacial score (nSPS) is 13.8. The number of thioether (sulfide) groups is 1. The van der Waals surface area contributed by atoms with Crippen LogP contribution in [0.15, 0.2) is 77.7 Å². The first kappa shape index (κ1) is 18.8. The Morgan fingerprint density at radius 2 is 1.71 bits per heavy atom. The number of aryl methyl sites for hydroxylation is 2. The zero-order chi connectivity index (χ0) is 19.3. The molecule has 0 spiro atoms. The summed E-state index contributed by atoms with van der Waals surface area (Å²) in [6.45, 7) is 2.06. The fourth-order valence-electron chi connectivity index (χ4n) is 3.73. The molecule has 1 N–H and O–H groups in total. The third-order valence-corrected chi connectivity index (χ3v) is 6.48. The number of benzene rings is 3. The number of carbonyl (C=O) groups is 1. The second kappa shape index (κ2) is 8.66. The second-order valence-corrected chi connectivity index (χ2v) is 8.36. The standard InChI is InChI=1S/C25H25NOS/c1-18(21-15-14-20-10-7-11-22(20)16-21)26-25(27)23-12-5-6-13-24(23)28-17-19-8-3-2-4-9-19/h2-6,8-9,12-16,18H,7,10-11,17H2,1H3,(H,26,27). The molecule has 28 heavy (non-hydrogen) atoms. The molecule has 2 nitrogen and oxygen atoms in total. The average Bonchev–Trinajstić information content (AvgIpc) is 3.21. The lowest BCUT2D eigenvalue weighted by Gasteiger charge is -2.17. The van der Waals surface area contributed by atoms with Crippen LogP contribution in [0.2, 0.25) is 0 Å². The van der Waals surface area contributed by atoms with E-state index in [4.69, 9.17) is 0 Å². The predicted molar refractivity (Wildman–Crippen MR) is 117 cm³/mol. The minimum Gasteiger partial charge on any atom is -0.345 e. The van der Waals surface area contributed by atoms with Crippen LogP contribution in [-0.4, -0.2) is 5.91 Å². The first-order valence-corrected chi connectivity index (χ1v) is 10.9. The number of hydrogen-bond acceptors (Lipinski definition) is 2. The maximum Gasteiger partial charge on any atom is 0.252 e. The minimum atomic E-state index is -0.0100. The van der Waals surface area contributed by atoms with Crippen LogP contribution in [0, 0.1) is 0 Å². The molecule has 0 heterocycles. The number of nitrogens with one attached hydrogen (secondary N) is 1. The summed E-state index contributed by atoms with van der Waals surface area (Å²) in [5.74, 6) is 0.843. The molecule has 0 aliphatic heterocycles. The molecule has 1 atom stereocenters. The summed E-state index contributed by atoms with van der Waals surface area (Å²) in [4.78, 5) is 14.0. The quantitative estimate of drug-likeness (QED) is 0.529. The van der Waals surface area contributed by atoms with Crippen LogP contribution < -0.4 is 5.32 Å². The molecule has 4 rings (SSSR count). The molecule has 3 aromatic carbocycles. The Morgan fingerprint density at radius 3 is 2.57 bits per heavy atom. The monoisotopic (exact) mass is 387 g/mol. The molecule has 1 aliphatic carbocycles. The van der Waals surface area contributed by atoms with E-state index >= 15 is 0 Å². The van der Waals surface area contributed by atoms with Crippen molar-refractivity contribution < 1.29 is 4.79 Å². The highest BCUT2D eigenvalue weighted by Gasteiger charge is 2.17. The van der Waals surface area contributed by atoms with Crippen LogP contribution in [0.4, 0.5) is 0 Å². The number of amides is 1. The van der Waals surface area contributed by atoms with Gasteiger partial charge >= 0.3 is 0 Å². The molecule has 0 saturated carbocycles. The Kier molecular flexibility index (Phi) is 5.82. The van der Waals surface area contributed by atoms with Gasteiger partial charge in [0.15, 0.2) is 0 Å². The van der Waals surface area contributed by atoms with E-state index in [0.29, 0.717) is 0 Å². The average molecular weight is 388 g/mol. The van der Waals surface area contributed by atoms with Gasteiger partial charge < -0.3 is 5.32 Å². The zero-order valence-electron chi connectivity index (χ0n) is 16.2. The van der Waals surface area contributed by atoms with Gasteiger partial charge in [0.25, 0.3) is 5.91 Å².